The van der Waals surface area contributed by atoms with Gasteiger partial charge in [-0.25, -0.2) is 9.67 Å². The first-order valence-electron chi connectivity index (χ1n) is 11.1. The fourth-order valence-corrected chi connectivity index (χ4v) is 4.07. The highest BCUT2D eigenvalue weighted by molar-refractivity contribution is 6.04. The van der Waals surface area contributed by atoms with Crippen molar-refractivity contribution < 1.29 is 4.79 Å². The zero-order chi connectivity index (χ0) is 22.5. The molecule has 1 amide bonds. The third kappa shape index (κ3) is 5.10. The predicted octanol–water partition coefficient (Wildman–Crippen LogP) is 3.84. The molecule has 0 bridgehead atoms. The Morgan fingerprint density at radius 2 is 1.52 bits per heavy atom. The van der Waals surface area contributed by atoms with Crippen LogP contribution in [-0.2, 0) is 6.54 Å². The molecule has 1 fully saturated rings. The molecule has 5 rings (SSSR count). The average Bonchev–Trinajstić information content (AvgIpc) is 3.41. The molecule has 1 saturated heterocycles. The van der Waals surface area contributed by atoms with Gasteiger partial charge in [-0.05, 0) is 54.1 Å². The van der Waals surface area contributed by atoms with Crippen molar-refractivity contribution in [3.05, 3.63) is 103 Å². The van der Waals surface area contributed by atoms with Crippen LogP contribution in [0.3, 0.4) is 0 Å². The highest BCUT2D eigenvalue weighted by Crippen LogP contribution is 2.21. The van der Waals surface area contributed by atoms with E-state index in [1.165, 1.54) is 17.6 Å². The minimum Gasteiger partial charge on any atom is -0.369 e. The van der Waals surface area contributed by atoms with E-state index in [0.717, 1.165) is 44.1 Å². The summed E-state index contributed by atoms with van der Waals surface area (Å²) >= 11 is 0. The Balaban J connectivity index is 1.14. The fraction of sp³-hybridized carbons (Fsp3) is 0.192. The number of piperazine rings is 1. The predicted molar refractivity (Wildman–Crippen MR) is 130 cm³/mol. The van der Waals surface area contributed by atoms with Gasteiger partial charge in [-0.2, -0.15) is 5.10 Å². The number of rotatable bonds is 6. The summed E-state index contributed by atoms with van der Waals surface area (Å²) in [5.74, 6) is -0.137. The molecule has 0 aliphatic carbocycles. The first-order chi connectivity index (χ1) is 16.2. The number of anilines is 2. The van der Waals surface area contributed by atoms with Crippen LogP contribution in [0.2, 0.25) is 0 Å². The molecule has 1 N–H and O–H groups in total. The Morgan fingerprint density at radius 1 is 0.818 bits per heavy atom. The summed E-state index contributed by atoms with van der Waals surface area (Å²) in [5, 5.41) is 7.07. The number of carbonyl (C=O) groups is 1. The number of carbonyl (C=O) groups excluding carboxylic acids is 1. The van der Waals surface area contributed by atoms with E-state index in [-0.39, 0.29) is 5.91 Å². The molecule has 3 aromatic carbocycles. The van der Waals surface area contributed by atoms with Gasteiger partial charge in [-0.3, -0.25) is 9.69 Å². The van der Waals surface area contributed by atoms with Crippen molar-refractivity contribution in [2.75, 3.05) is 36.4 Å². The van der Waals surface area contributed by atoms with Gasteiger partial charge in [0.15, 0.2) is 0 Å². The zero-order valence-electron chi connectivity index (χ0n) is 18.3. The normalized spacial score (nSPS) is 14.2. The van der Waals surface area contributed by atoms with E-state index in [9.17, 15) is 4.79 Å². The van der Waals surface area contributed by atoms with Gasteiger partial charge in [0.2, 0.25) is 0 Å². The summed E-state index contributed by atoms with van der Waals surface area (Å²) in [6.45, 7) is 5.07. The van der Waals surface area contributed by atoms with Crippen LogP contribution in [0.25, 0.3) is 5.69 Å². The standard InChI is InChI=1S/C26H26N6O/c33-26(22-6-10-25(11-7-22)32-20-27-19-28-32)29-23-8-12-24(13-9-23)31-16-14-30(15-17-31)18-21-4-2-1-3-5-21/h1-13,19-20H,14-18H2,(H,29,33). The number of benzene rings is 3. The molecule has 33 heavy (non-hydrogen) atoms. The summed E-state index contributed by atoms with van der Waals surface area (Å²) in [5.41, 5.74) is 4.78. The second-order valence-electron chi connectivity index (χ2n) is 8.14. The van der Waals surface area contributed by atoms with Crippen molar-refractivity contribution in [3.63, 3.8) is 0 Å². The van der Waals surface area contributed by atoms with E-state index < -0.39 is 0 Å². The summed E-state index contributed by atoms with van der Waals surface area (Å²) in [4.78, 5) is 21.5. The molecule has 2 heterocycles. The molecule has 7 nitrogen and oxygen atoms in total. The first kappa shape index (κ1) is 20.9. The number of hydrogen-bond acceptors (Lipinski definition) is 5. The number of aromatic nitrogens is 3. The number of hydrogen-bond donors (Lipinski definition) is 1. The van der Waals surface area contributed by atoms with E-state index in [4.69, 9.17) is 0 Å². The Bertz CT molecular complexity index is 1170. The molecule has 1 aromatic heterocycles. The maximum Gasteiger partial charge on any atom is 0.255 e. The van der Waals surface area contributed by atoms with Gasteiger partial charge < -0.3 is 10.2 Å². The quantitative estimate of drug-likeness (QED) is 0.496. The van der Waals surface area contributed by atoms with Gasteiger partial charge in [0.05, 0.1) is 5.69 Å². The lowest BCUT2D eigenvalue weighted by atomic mass is 10.1. The molecule has 7 heteroatoms. The largest absolute Gasteiger partial charge is 0.369 e. The molecule has 0 spiro atoms. The highest BCUT2D eigenvalue weighted by Gasteiger charge is 2.17. The molecule has 0 atom stereocenters. The number of nitrogens with zero attached hydrogens (tertiary/aromatic N) is 5. The van der Waals surface area contributed by atoms with Gasteiger partial charge in [0, 0.05) is 49.7 Å². The summed E-state index contributed by atoms with van der Waals surface area (Å²) in [7, 11) is 0. The lowest BCUT2D eigenvalue weighted by molar-refractivity contribution is 0.102. The SMILES string of the molecule is O=C(Nc1ccc(N2CCN(Cc3ccccc3)CC2)cc1)c1ccc(-n2cncn2)cc1. The maximum absolute atomic E-state index is 12.6. The van der Waals surface area contributed by atoms with E-state index >= 15 is 0 Å². The smallest absolute Gasteiger partial charge is 0.255 e. The number of nitrogens with one attached hydrogen (secondary N) is 1. The van der Waals surface area contributed by atoms with Gasteiger partial charge in [0.1, 0.15) is 12.7 Å². The minimum absolute atomic E-state index is 0.137. The Hall–Kier alpha value is -3.97. The van der Waals surface area contributed by atoms with E-state index in [0.29, 0.717) is 5.56 Å². The first-order valence-corrected chi connectivity index (χ1v) is 11.1. The third-order valence-corrected chi connectivity index (χ3v) is 5.92. The van der Waals surface area contributed by atoms with E-state index in [1.807, 2.05) is 24.3 Å². The van der Waals surface area contributed by atoms with Crippen molar-refractivity contribution in [2.24, 2.45) is 0 Å². The Kier molecular flexibility index (Phi) is 6.12. The van der Waals surface area contributed by atoms with Crippen LogP contribution in [0.5, 0.6) is 0 Å². The van der Waals surface area contributed by atoms with Crippen molar-refractivity contribution in [1.29, 1.82) is 0 Å². The molecular weight excluding hydrogens is 412 g/mol. The molecule has 0 saturated carbocycles. The van der Waals surface area contributed by atoms with Crippen LogP contribution < -0.4 is 10.2 Å². The summed E-state index contributed by atoms with van der Waals surface area (Å²) < 4.78 is 1.65. The summed E-state index contributed by atoms with van der Waals surface area (Å²) in [6, 6.07) is 26.0. The fourth-order valence-electron chi connectivity index (χ4n) is 4.07. The summed E-state index contributed by atoms with van der Waals surface area (Å²) in [6.07, 6.45) is 3.11. The molecule has 0 unspecified atom stereocenters. The van der Waals surface area contributed by atoms with Crippen molar-refractivity contribution in [1.82, 2.24) is 19.7 Å². The van der Waals surface area contributed by atoms with Gasteiger partial charge in [-0.15, -0.1) is 0 Å². The third-order valence-electron chi connectivity index (χ3n) is 5.92. The molecule has 166 valence electrons. The minimum atomic E-state index is -0.137. The molecule has 4 aromatic rings. The van der Waals surface area contributed by atoms with Crippen molar-refractivity contribution in [3.8, 4) is 5.69 Å². The molecular formula is C26H26N6O. The van der Waals surface area contributed by atoms with Crippen LogP contribution in [-0.4, -0.2) is 51.8 Å². The van der Waals surface area contributed by atoms with E-state index in [1.54, 1.807) is 23.1 Å². The average molecular weight is 439 g/mol. The van der Waals surface area contributed by atoms with Gasteiger partial charge in [0.25, 0.3) is 5.91 Å². The second-order valence-corrected chi connectivity index (χ2v) is 8.14. The molecule has 0 radical (unpaired) electrons. The van der Waals surface area contributed by atoms with Crippen LogP contribution in [0.15, 0.2) is 91.5 Å². The highest BCUT2D eigenvalue weighted by atomic mass is 16.1. The second kappa shape index (κ2) is 9.67. The zero-order valence-corrected chi connectivity index (χ0v) is 18.3. The Morgan fingerprint density at radius 3 is 2.18 bits per heavy atom. The van der Waals surface area contributed by atoms with Crippen LogP contribution in [0.4, 0.5) is 11.4 Å². The molecule has 1 aliphatic heterocycles. The lowest BCUT2D eigenvalue weighted by Crippen LogP contribution is -2.45. The number of amides is 1. The van der Waals surface area contributed by atoms with Crippen LogP contribution >= 0.6 is 0 Å². The van der Waals surface area contributed by atoms with E-state index in [2.05, 4.69) is 67.7 Å². The van der Waals surface area contributed by atoms with Crippen LogP contribution in [0.1, 0.15) is 15.9 Å². The van der Waals surface area contributed by atoms with Gasteiger partial charge >= 0.3 is 0 Å². The van der Waals surface area contributed by atoms with Crippen LogP contribution in [0, 0.1) is 0 Å². The van der Waals surface area contributed by atoms with Crippen molar-refractivity contribution in [2.45, 2.75) is 6.54 Å². The molecule has 1 aliphatic rings. The topological polar surface area (TPSA) is 66.3 Å². The maximum atomic E-state index is 12.6. The monoisotopic (exact) mass is 438 g/mol. The Labute approximate surface area is 193 Å². The van der Waals surface area contributed by atoms with Gasteiger partial charge in [-0.1, -0.05) is 30.3 Å². The van der Waals surface area contributed by atoms with Crippen molar-refractivity contribution >= 4 is 17.3 Å². The lowest BCUT2D eigenvalue weighted by Gasteiger charge is -2.36.